The molecule has 130 valence electrons. The molecule has 0 radical (unpaired) electrons. The van der Waals surface area contributed by atoms with E-state index < -0.39 is 0 Å². The Balaban J connectivity index is 1.50. The van der Waals surface area contributed by atoms with Crippen molar-refractivity contribution in [2.24, 2.45) is 11.8 Å². The highest BCUT2D eigenvalue weighted by molar-refractivity contribution is 5.81. The summed E-state index contributed by atoms with van der Waals surface area (Å²) in [5, 5.41) is 0. The van der Waals surface area contributed by atoms with Crippen molar-refractivity contribution in [1.29, 1.82) is 0 Å². The second-order valence-corrected chi connectivity index (χ2v) is 7.40. The summed E-state index contributed by atoms with van der Waals surface area (Å²) in [5.74, 6) is 1.26. The molecule has 0 N–H and O–H groups in total. The van der Waals surface area contributed by atoms with Crippen LogP contribution >= 0.6 is 0 Å². The van der Waals surface area contributed by atoms with Crippen molar-refractivity contribution in [3.63, 3.8) is 0 Å². The summed E-state index contributed by atoms with van der Waals surface area (Å²) in [6, 6.07) is 21.7. The van der Waals surface area contributed by atoms with Crippen molar-refractivity contribution >= 4 is 5.91 Å². The fourth-order valence-electron chi connectivity index (χ4n) is 3.99. The largest absolute Gasteiger partial charge is 0.340 e. The van der Waals surface area contributed by atoms with E-state index >= 15 is 0 Å². The normalized spacial score (nSPS) is 23.7. The van der Waals surface area contributed by atoms with Crippen LogP contribution in [0.3, 0.4) is 0 Å². The minimum Gasteiger partial charge on any atom is -0.340 e. The first-order chi connectivity index (χ1) is 12.2. The van der Waals surface area contributed by atoms with Crippen molar-refractivity contribution in [3.05, 3.63) is 71.8 Å². The maximum atomic E-state index is 12.5. The molecular weight excluding hydrogens is 308 g/mol. The average Bonchev–Trinajstić information content (AvgIpc) is 3.40. The number of hydrogen-bond acceptors (Lipinski definition) is 2. The zero-order valence-corrected chi connectivity index (χ0v) is 14.8. The van der Waals surface area contributed by atoms with Crippen LogP contribution in [0.4, 0.5) is 0 Å². The molecule has 1 aliphatic carbocycles. The van der Waals surface area contributed by atoms with Gasteiger partial charge in [-0.1, -0.05) is 67.6 Å². The van der Waals surface area contributed by atoms with Crippen LogP contribution in [-0.4, -0.2) is 41.9 Å². The maximum absolute atomic E-state index is 12.5. The fourth-order valence-corrected chi connectivity index (χ4v) is 3.99. The smallest absolute Gasteiger partial charge is 0.226 e. The molecule has 1 aliphatic heterocycles. The molecule has 2 aromatic rings. The minimum absolute atomic E-state index is 0.263. The van der Waals surface area contributed by atoms with Crippen LogP contribution in [0.15, 0.2) is 60.7 Å². The molecule has 2 atom stereocenters. The molecule has 3 nitrogen and oxygen atoms in total. The lowest BCUT2D eigenvalue weighted by molar-refractivity contribution is -0.134. The van der Waals surface area contributed by atoms with Crippen molar-refractivity contribution in [2.45, 2.75) is 19.4 Å². The van der Waals surface area contributed by atoms with E-state index in [0.29, 0.717) is 17.7 Å². The number of amides is 1. The number of carbonyl (C=O) groups is 1. The quantitative estimate of drug-likeness (QED) is 0.853. The highest BCUT2D eigenvalue weighted by atomic mass is 16.2. The summed E-state index contributed by atoms with van der Waals surface area (Å²) in [6.07, 6.45) is 1.08. The summed E-state index contributed by atoms with van der Waals surface area (Å²) in [6.45, 7) is 5.73. The third kappa shape index (κ3) is 3.47. The molecule has 0 bridgehead atoms. The van der Waals surface area contributed by atoms with Crippen molar-refractivity contribution in [2.75, 3.05) is 26.2 Å². The Kier molecular flexibility index (Phi) is 4.58. The Bertz CT molecular complexity index is 668. The van der Waals surface area contributed by atoms with Gasteiger partial charge in [0.2, 0.25) is 5.91 Å². The van der Waals surface area contributed by atoms with Gasteiger partial charge in [0.15, 0.2) is 0 Å². The lowest BCUT2D eigenvalue weighted by Crippen LogP contribution is -2.50. The lowest BCUT2D eigenvalue weighted by Gasteiger charge is -2.40. The predicted molar refractivity (Wildman–Crippen MR) is 100 cm³/mol. The first-order valence-corrected chi connectivity index (χ1v) is 9.37. The highest BCUT2D eigenvalue weighted by Crippen LogP contribution is 2.39. The van der Waals surface area contributed by atoms with Crippen LogP contribution in [0, 0.1) is 11.8 Å². The molecule has 1 saturated heterocycles. The molecule has 1 heterocycles. The summed E-state index contributed by atoms with van der Waals surface area (Å²) < 4.78 is 0. The number of hydrogen-bond donors (Lipinski definition) is 0. The van der Waals surface area contributed by atoms with E-state index in [9.17, 15) is 4.79 Å². The van der Waals surface area contributed by atoms with E-state index in [4.69, 9.17) is 0 Å². The van der Waals surface area contributed by atoms with Crippen molar-refractivity contribution < 1.29 is 4.79 Å². The Morgan fingerprint density at radius 2 is 1.36 bits per heavy atom. The molecule has 0 aromatic heterocycles. The van der Waals surface area contributed by atoms with Gasteiger partial charge in [0, 0.05) is 32.1 Å². The van der Waals surface area contributed by atoms with Gasteiger partial charge in [0.1, 0.15) is 0 Å². The first kappa shape index (κ1) is 16.3. The van der Waals surface area contributed by atoms with E-state index in [0.717, 1.165) is 32.6 Å². The van der Waals surface area contributed by atoms with E-state index in [1.54, 1.807) is 0 Å². The van der Waals surface area contributed by atoms with Crippen molar-refractivity contribution in [3.8, 4) is 0 Å². The number of benzene rings is 2. The van der Waals surface area contributed by atoms with Crippen molar-refractivity contribution in [1.82, 2.24) is 9.80 Å². The molecule has 1 saturated carbocycles. The minimum atomic E-state index is 0.263. The summed E-state index contributed by atoms with van der Waals surface area (Å²) >= 11 is 0. The molecule has 2 unspecified atom stereocenters. The van der Waals surface area contributed by atoms with Gasteiger partial charge in [-0.25, -0.2) is 0 Å². The van der Waals surface area contributed by atoms with Gasteiger partial charge in [-0.05, 0) is 23.5 Å². The molecule has 2 aromatic carbocycles. The topological polar surface area (TPSA) is 23.6 Å². The predicted octanol–water partition coefficient (Wildman–Crippen LogP) is 3.58. The summed E-state index contributed by atoms with van der Waals surface area (Å²) in [7, 11) is 0. The third-order valence-corrected chi connectivity index (χ3v) is 5.65. The summed E-state index contributed by atoms with van der Waals surface area (Å²) in [4.78, 5) is 17.1. The number of rotatable bonds is 4. The van der Waals surface area contributed by atoms with Gasteiger partial charge in [-0.15, -0.1) is 0 Å². The van der Waals surface area contributed by atoms with Crippen LogP contribution in [-0.2, 0) is 4.79 Å². The summed E-state index contributed by atoms with van der Waals surface area (Å²) in [5.41, 5.74) is 2.65. The third-order valence-electron chi connectivity index (χ3n) is 5.65. The SMILES string of the molecule is CC1CC1C(=O)N1CCN(C(c2ccccc2)c2ccccc2)CC1. The van der Waals surface area contributed by atoms with Crippen LogP contribution in [0.5, 0.6) is 0 Å². The lowest BCUT2D eigenvalue weighted by atomic mass is 9.96. The van der Waals surface area contributed by atoms with Gasteiger partial charge < -0.3 is 4.90 Å². The molecule has 1 amide bonds. The molecule has 2 fully saturated rings. The van der Waals surface area contributed by atoms with E-state index in [2.05, 4.69) is 77.4 Å². The monoisotopic (exact) mass is 334 g/mol. The highest BCUT2D eigenvalue weighted by Gasteiger charge is 2.42. The van der Waals surface area contributed by atoms with Gasteiger partial charge in [-0.3, -0.25) is 9.69 Å². The zero-order valence-electron chi connectivity index (χ0n) is 14.8. The molecular formula is C22H26N2O. The van der Waals surface area contributed by atoms with E-state index in [-0.39, 0.29) is 6.04 Å². The Morgan fingerprint density at radius 1 is 0.880 bits per heavy atom. The van der Waals surface area contributed by atoms with Crippen LogP contribution in [0.1, 0.15) is 30.5 Å². The van der Waals surface area contributed by atoms with Crippen LogP contribution in [0.2, 0.25) is 0 Å². The fraction of sp³-hybridized carbons (Fsp3) is 0.409. The van der Waals surface area contributed by atoms with Crippen LogP contribution < -0.4 is 0 Å². The molecule has 25 heavy (non-hydrogen) atoms. The first-order valence-electron chi connectivity index (χ1n) is 9.37. The second kappa shape index (κ2) is 7.01. The molecule has 2 aliphatic rings. The number of carbonyl (C=O) groups excluding carboxylic acids is 1. The molecule has 0 spiro atoms. The van der Waals surface area contributed by atoms with E-state index in [1.807, 2.05) is 0 Å². The second-order valence-electron chi connectivity index (χ2n) is 7.40. The maximum Gasteiger partial charge on any atom is 0.226 e. The Labute approximate surface area is 150 Å². The van der Waals surface area contributed by atoms with Crippen LogP contribution in [0.25, 0.3) is 0 Å². The molecule has 3 heteroatoms. The zero-order chi connectivity index (χ0) is 17.2. The van der Waals surface area contributed by atoms with Gasteiger partial charge >= 0.3 is 0 Å². The molecule has 4 rings (SSSR count). The van der Waals surface area contributed by atoms with Gasteiger partial charge in [0.05, 0.1) is 6.04 Å². The Hall–Kier alpha value is -2.13. The standard InChI is InChI=1S/C22H26N2O/c1-17-16-20(17)22(25)24-14-12-23(13-15-24)21(18-8-4-2-5-9-18)19-10-6-3-7-11-19/h2-11,17,20-21H,12-16H2,1H3. The number of nitrogens with zero attached hydrogens (tertiary/aromatic N) is 2. The average molecular weight is 334 g/mol. The number of piperazine rings is 1. The van der Waals surface area contributed by atoms with Gasteiger partial charge in [0.25, 0.3) is 0 Å². The van der Waals surface area contributed by atoms with E-state index in [1.165, 1.54) is 11.1 Å². The Morgan fingerprint density at radius 3 is 1.80 bits per heavy atom. The van der Waals surface area contributed by atoms with Gasteiger partial charge in [-0.2, -0.15) is 0 Å².